The van der Waals surface area contributed by atoms with E-state index < -0.39 is 5.97 Å². The summed E-state index contributed by atoms with van der Waals surface area (Å²) in [7, 11) is 0. The lowest BCUT2D eigenvalue weighted by molar-refractivity contribution is 0.0698. The first-order chi connectivity index (χ1) is 11.1. The Morgan fingerprint density at radius 3 is 2.43 bits per heavy atom. The number of aromatic carboxylic acids is 1. The largest absolute Gasteiger partial charge is 0.478 e. The van der Waals surface area contributed by atoms with Crippen LogP contribution in [-0.2, 0) is 0 Å². The zero-order valence-corrected chi connectivity index (χ0v) is 13.2. The highest BCUT2D eigenvalue weighted by Crippen LogP contribution is 2.42. The first-order valence-electron chi connectivity index (χ1n) is 8.22. The molecular formula is C18H21N3O2. The lowest BCUT2D eigenvalue weighted by Crippen LogP contribution is -2.45. The molecule has 0 amide bonds. The summed E-state index contributed by atoms with van der Waals surface area (Å²) in [6.07, 6.45) is 6.07. The van der Waals surface area contributed by atoms with Gasteiger partial charge in [-0.1, -0.05) is 18.2 Å². The molecule has 4 rings (SSSR count). The number of carboxylic acid groups (broad SMARTS) is 1. The molecule has 0 aliphatic carbocycles. The number of carboxylic acids is 1. The molecule has 0 radical (unpaired) electrons. The fraction of sp³-hybridized carbons (Fsp3) is 0.444. The van der Waals surface area contributed by atoms with Crippen LogP contribution >= 0.6 is 0 Å². The first-order valence-corrected chi connectivity index (χ1v) is 8.22. The molecule has 2 aliphatic heterocycles. The van der Waals surface area contributed by atoms with E-state index in [1.54, 1.807) is 0 Å². The van der Waals surface area contributed by atoms with Gasteiger partial charge in [0.1, 0.15) is 0 Å². The average molecular weight is 311 g/mol. The summed E-state index contributed by atoms with van der Waals surface area (Å²) in [5, 5.41) is 18.3. The summed E-state index contributed by atoms with van der Waals surface area (Å²) in [5.74, 6) is -0.199. The minimum absolute atomic E-state index is 0.320. The van der Waals surface area contributed by atoms with Crippen LogP contribution in [0.15, 0.2) is 30.5 Å². The van der Waals surface area contributed by atoms with E-state index >= 15 is 0 Å². The molecule has 120 valence electrons. The maximum absolute atomic E-state index is 11.5. The van der Waals surface area contributed by atoms with Crippen LogP contribution in [0.3, 0.4) is 0 Å². The summed E-state index contributed by atoms with van der Waals surface area (Å²) in [6.45, 7) is 1.87. The predicted octanol–water partition coefficient (Wildman–Crippen LogP) is 3.50. The van der Waals surface area contributed by atoms with Gasteiger partial charge in [0.25, 0.3) is 0 Å². The van der Waals surface area contributed by atoms with E-state index in [0.29, 0.717) is 29.5 Å². The Kier molecular flexibility index (Phi) is 3.18. The van der Waals surface area contributed by atoms with E-state index in [0.717, 1.165) is 36.6 Å². The predicted molar refractivity (Wildman–Crippen MR) is 89.2 cm³/mol. The first kappa shape index (κ1) is 14.3. The maximum Gasteiger partial charge on any atom is 0.337 e. The summed E-state index contributed by atoms with van der Waals surface area (Å²) < 4.78 is 2.17. The Morgan fingerprint density at radius 1 is 1.17 bits per heavy atom. The molecule has 5 nitrogen and oxygen atoms in total. The molecule has 3 heterocycles. The highest BCUT2D eigenvalue weighted by atomic mass is 16.4. The van der Waals surface area contributed by atoms with E-state index in [1.165, 1.54) is 0 Å². The van der Waals surface area contributed by atoms with Gasteiger partial charge in [-0.25, -0.2) is 4.79 Å². The lowest BCUT2D eigenvalue weighted by atomic mass is 9.96. The van der Waals surface area contributed by atoms with Crippen molar-refractivity contribution >= 4 is 22.7 Å². The fourth-order valence-electron chi connectivity index (χ4n) is 4.60. The molecule has 2 saturated heterocycles. The SMILES string of the molecule is CC(=N)N1C2CCC1CC(n1cc(C(=O)O)c3ccccc31)C2. The summed E-state index contributed by atoms with van der Waals surface area (Å²) in [6, 6.07) is 8.93. The van der Waals surface area contributed by atoms with Gasteiger partial charge >= 0.3 is 5.97 Å². The van der Waals surface area contributed by atoms with Gasteiger partial charge < -0.3 is 14.6 Å². The highest BCUT2D eigenvalue weighted by molar-refractivity contribution is 6.03. The van der Waals surface area contributed by atoms with Crippen LogP contribution in [0.4, 0.5) is 0 Å². The average Bonchev–Trinajstić information content (AvgIpc) is 3.03. The third-order valence-electron chi connectivity index (χ3n) is 5.46. The van der Waals surface area contributed by atoms with Crippen LogP contribution in [0, 0.1) is 5.41 Å². The minimum atomic E-state index is -0.865. The Morgan fingerprint density at radius 2 is 1.83 bits per heavy atom. The minimum Gasteiger partial charge on any atom is -0.478 e. The normalized spacial score (nSPS) is 26.7. The van der Waals surface area contributed by atoms with Gasteiger partial charge in [0.15, 0.2) is 0 Å². The molecule has 2 atom stereocenters. The monoisotopic (exact) mass is 311 g/mol. The van der Waals surface area contributed by atoms with E-state index in [9.17, 15) is 9.90 Å². The maximum atomic E-state index is 11.5. The van der Waals surface area contributed by atoms with Crippen molar-refractivity contribution in [1.29, 1.82) is 5.41 Å². The molecule has 2 aliphatic rings. The molecule has 1 aromatic heterocycles. The number of benzene rings is 1. The van der Waals surface area contributed by atoms with E-state index in [4.69, 9.17) is 5.41 Å². The molecule has 2 unspecified atom stereocenters. The van der Waals surface area contributed by atoms with Crippen molar-refractivity contribution in [3.05, 3.63) is 36.0 Å². The number of rotatable bonds is 2. The van der Waals surface area contributed by atoms with Crippen LogP contribution in [0.2, 0.25) is 0 Å². The van der Waals surface area contributed by atoms with Crippen molar-refractivity contribution in [2.75, 3.05) is 0 Å². The molecule has 2 N–H and O–H groups in total. The molecule has 1 aromatic carbocycles. The number of carbonyl (C=O) groups is 1. The summed E-state index contributed by atoms with van der Waals surface area (Å²) in [4.78, 5) is 13.8. The second kappa shape index (κ2) is 5.11. The Labute approximate surface area is 135 Å². The van der Waals surface area contributed by atoms with E-state index in [2.05, 4.69) is 9.47 Å². The molecule has 0 saturated carbocycles. The van der Waals surface area contributed by atoms with Crippen LogP contribution in [0.5, 0.6) is 0 Å². The van der Waals surface area contributed by atoms with Crippen LogP contribution in [0.1, 0.15) is 49.0 Å². The number of fused-ring (bicyclic) bond motifs is 3. The number of piperidine rings is 1. The Hall–Kier alpha value is -2.30. The van der Waals surface area contributed by atoms with E-state index in [1.807, 2.05) is 37.4 Å². The standard InChI is InChI=1S/C18H21N3O2/c1-11(19)21-12-6-7-13(21)9-14(8-12)20-10-16(18(22)23)15-4-2-3-5-17(15)20/h2-5,10,12-14,19H,6-9H2,1H3,(H,22,23). The molecule has 5 heteroatoms. The number of amidine groups is 1. The quantitative estimate of drug-likeness (QED) is 0.659. The van der Waals surface area contributed by atoms with Gasteiger partial charge in [-0.3, -0.25) is 5.41 Å². The Balaban J connectivity index is 1.74. The molecule has 2 aromatic rings. The number of nitrogens with zero attached hydrogens (tertiary/aromatic N) is 2. The molecule has 23 heavy (non-hydrogen) atoms. The number of aromatic nitrogens is 1. The van der Waals surface area contributed by atoms with Gasteiger partial charge in [-0.2, -0.15) is 0 Å². The number of nitrogens with one attached hydrogen (secondary N) is 1. The lowest BCUT2D eigenvalue weighted by Gasteiger charge is -2.40. The van der Waals surface area contributed by atoms with Crippen molar-refractivity contribution < 1.29 is 9.90 Å². The second-order valence-electron chi connectivity index (χ2n) is 6.78. The van der Waals surface area contributed by atoms with Crippen molar-refractivity contribution in [1.82, 2.24) is 9.47 Å². The van der Waals surface area contributed by atoms with Crippen molar-refractivity contribution in [3.63, 3.8) is 0 Å². The van der Waals surface area contributed by atoms with Crippen LogP contribution in [-0.4, -0.2) is 38.5 Å². The van der Waals surface area contributed by atoms with Gasteiger partial charge in [0.05, 0.1) is 11.4 Å². The Bertz CT molecular complexity index is 781. The fourth-order valence-corrected chi connectivity index (χ4v) is 4.60. The summed E-state index contributed by atoms with van der Waals surface area (Å²) >= 11 is 0. The smallest absolute Gasteiger partial charge is 0.337 e. The van der Waals surface area contributed by atoms with Crippen LogP contribution in [0.25, 0.3) is 10.9 Å². The van der Waals surface area contributed by atoms with Gasteiger partial charge in [-0.05, 0) is 38.7 Å². The van der Waals surface area contributed by atoms with Crippen LogP contribution < -0.4 is 0 Å². The van der Waals surface area contributed by atoms with Gasteiger partial charge in [0.2, 0.25) is 0 Å². The summed E-state index contributed by atoms with van der Waals surface area (Å²) in [5.41, 5.74) is 1.40. The number of hydrogen-bond acceptors (Lipinski definition) is 2. The van der Waals surface area contributed by atoms with Gasteiger partial charge in [-0.15, -0.1) is 0 Å². The third-order valence-corrected chi connectivity index (χ3v) is 5.46. The zero-order valence-electron chi connectivity index (χ0n) is 13.2. The van der Waals surface area contributed by atoms with Crippen molar-refractivity contribution in [2.24, 2.45) is 0 Å². The van der Waals surface area contributed by atoms with E-state index in [-0.39, 0.29) is 0 Å². The molecule has 2 bridgehead atoms. The number of hydrogen-bond donors (Lipinski definition) is 2. The van der Waals surface area contributed by atoms with Crippen molar-refractivity contribution in [3.8, 4) is 0 Å². The topological polar surface area (TPSA) is 69.3 Å². The molecular weight excluding hydrogens is 290 g/mol. The van der Waals surface area contributed by atoms with Crippen molar-refractivity contribution in [2.45, 2.75) is 50.7 Å². The zero-order chi connectivity index (χ0) is 16.1. The molecule has 2 fully saturated rings. The van der Waals surface area contributed by atoms with Gasteiger partial charge in [0, 0.05) is 35.2 Å². The highest BCUT2D eigenvalue weighted by Gasteiger charge is 2.41. The third kappa shape index (κ3) is 2.14. The second-order valence-corrected chi connectivity index (χ2v) is 6.78. The molecule has 0 spiro atoms. The number of para-hydroxylation sites is 1.